The van der Waals surface area contributed by atoms with Crippen molar-refractivity contribution in [1.29, 1.82) is 0 Å². The zero-order chi connectivity index (χ0) is 15.6. The smallest absolute Gasteiger partial charge is 0.176 e. The molecule has 0 bridgehead atoms. The van der Waals surface area contributed by atoms with Gasteiger partial charge in [-0.05, 0) is 78.5 Å². The van der Waals surface area contributed by atoms with Gasteiger partial charge in [0.2, 0.25) is 0 Å². The highest BCUT2D eigenvalue weighted by Gasteiger charge is 2.26. The Morgan fingerprint density at radius 1 is 1.19 bits per heavy atom. The van der Waals surface area contributed by atoms with Gasteiger partial charge in [-0.3, -0.25) is 0 Å². The fourth-order valence-corrected chi connectivity index (χ4v) is 3.90. The minimum Gasteiger partial charge on any atom is -0.477 e. The number of aryl methyl sites for hydroxylation is 1. The van der Waals surface area contributed by atoms with Crippen LogP contribution in [-0.4, -0.2) is 27.4 Å². The van der Waals surface area contributed by atoms with Gasteiger partial charge in [0.1, 0.15) is 11.9 Å². The first-order valence-electron chi connectivity index (χ1n) is 7.76. The van der Waals surface area contributed by atoms with E-state index >= 15 is 0 Å². The summed E-state index contributed by atoms with van der Waals surface area (Å²) < 4.78 is 5.82. The molecule has 0 fully saturated rings. The van der Waals surface area contributed by atoms with Gasteiger partial charge in [-0.2, -0.15) is 0 Å². The Kier molecular flexibility index (Phi) is 5.91. The summed E-state index contributed by atoms with van der Waals surface area (Å²) in [5.74, 6) is 0.947. The Balaban J connectivity index is 2.06. The summed E-state index contributed by atoms with van der Waals surface area (Å²) in [5, 5.41) is 13.7. The van der Waals surface area contributed by atoms with Crippen molar-refractivity contribution >= 4 is 22.6 Å². The largest absolute Gasteiger partial charge is 0.477 e. The highest BCUT2D eigenvalue weighted by Crippen LogP contribution is 2.34. The van der Waals surface area contributed by atoms with Gasteiger partial charge in [-0.15, -0.1) is 0 Å². The van der Waals surface area contributed by atoms with Crippen LogP contribution in [0, 0.1) is 6.92 Å². The first kappa shape index (κ1) is 17.0. The fraction of sp³-hybridized carbons (Fsp3) is 0.647. The van der Waals surface area contributed by atoms with Crippen LogP contribution in [0.25, 0.3) is 0 Å². The Morgan fingerprint density at radius 3 is 2.52 bits per heavy atom. The van der Waals surface area contributed by atoms with Gasteiger partial charge in [0.15, 0.2) is 4.11 Å². The molecular formula is C17H26INO2. The minimum absolute atomic E-state index is 0.00500. The highest BCUT2D eigenvalue weighted by molar-refractivity contribution is 14.1. The van der Waals surface area contributed by atoms with Crippen LogP contribution < -0.4 is 10.1 Å². The molecule has 0 amide bonds. The van der Waals surface area contributed by atoms with Crippen molar-refractivity contribution in [2.45, 2.75) is 69.3 Å². The third-order valence-corrected chi connectivity index (χ3v) is 5.08. The molecule has 4 heteroatoms. The summed E-state index contributed by atoms with van der Waals surface area (Å²) in [6.45, 7) is 8.33. The normalized spacial score (nSPS) is 18.4. The van der Waals surface area contributed by atoms with Crippen molar-refractivity contribution in [3.8, 4) is 5.75 Å². The Morgan fingerprint density at radius 2 is 1.86 bits per heavy atom. The quantitative estimate of drug-likeness (QED) is 0.566. The van der Waals surface area contributed by atoms with Gasteiger partial charge in [-0.25, -0.2) is 0 Å². The molecule has 0 saturated carbocycles. The molecule has 0 saturated heterocycles. The van der Waals surface area contributed by atoms with E-state index in [-0.39, 0.29) is 10.2 Å². The molecule has 0 heterocycles. The summed E-state index contributed by atoms with van der Waals surface area (Å²) in [6.07, 6.45) is 2.91. The molecule has 3 atom stereocenters. The molecule has 1 aliphatic rings. The maximum Gasteiger partial charge on any atom is 0.176 e. The van der Waals surface area contributed by atoms with E-state index in [2.05, 4.69) is 60.8 Å². The lowest BCUT2D eigenvalue weighted by Crippen LogP contribution is -2.46. The maximum absolute atomic E-state index is 10.4. The molecule has 1 aromatic rings. The number of fused-ring (bicyclic) bond motifs is 1. The summed E-state index contributed by atoms with van der Waals surface area (Å²) >= 11 is 2.19. The predicted molar refractivity (Wildman–Crippen MR) is 95.4 cm³/mol. The molecule has 2 N–H and O–H groups in total. The first-order valence-corrected chi connectivity index (χ1v) is 9.01. The fourth-order valence-electron chi connectivity index (χ4n) is 3.01. The Hall–Kier alpha value is -0.330. The van der Waals surface area contributed by atoms with E-state index in [1.54, 1.807) is 0 Å². The molecule has 2 rings (SSSR count). The van der Waals surface area contributed by atoms with Gasteiger partial charge in [0.05, 0.1) is 0 Å². The molecule has 0 aliphatic heterocycles. The van der Waals surface area contributed by atoms with Crippen molar-refractivity contribution in [3.05, 3.63) is 28.8 Å². The topological polar surface area (TPSA) is 41.5 Å². The van der Waals surface area contributed by atoms with Crippen LogP contribution in [0.4, 0.5) is 0 Å². The lowest BCUT2D eigenvalue weighted by molar-refractivity contribution is 0.0656. The standard InChI is InChI=1S/C17H26INO2/c1-10(2)19-12(4)16(20)17(18)21-15-9-8-11(3)13-6-5-7-14(13)15/h8-10,12,16-17,19-20H,5-7H2,1-4H3. The second-order valence-electron chi connectivity index (χ2n) is 6.26. The van der Waals surface area contributed by atoms with E-state index in [4.69, 9.17) is 4.74 Å². The molecule has 21 heavy (non-hydrogen) atoms. The van der Waals surface area contributed by atoms with Gasteiger partial charge in [0.25, 0.3) is 0 Å². The van der Waals surface area contributed by atoms with Crippen LogP contribution in [0.3, 0.4) is 0 Å². The van der Waals surface area contributed by atoms with E-state index in [0.717, 1.165) is 18.6 Å². The van der Waals surface area contributed by atoms with E-state index < -0.39 is 6.10 Å². The van der Waals surface area contributed by atoms with Gasteiger partial charge >= 0.3 is 0 Å². The van der Waals surface area contributed by atoms with Crippen molar-refractivity contribution in [3.63, 3.8) is 0 Å². The molecule has 1 aromatic carbocycles. The average Bonchev–Trinajstić information content (AvgIpc) is 2.90. The van der Waals surface area contributed by atoms with Crippen LogP contribution in [0.2, 0.25) is 0 Å². The summed E-state index contributed by atoms with van der Waals surface area (Å²) in [5.41, 5.74) is 4.14. The second-order valence-corrected chi connectivity index (χ2v) is 7.49. The Labute approximate surface area is 141 Å². The number of hydrogen-bond donors (Lipinski definition) is 2. The van der Waals surface area contributed by atoms with Crippen LogP contribution in [0.15, 0.2) is 12.1 Å². The zero-order valence-electron chi connectivity index (χ0n) is 13.3. The summed E-state index contributed by atoms with van der Waals surface area (Å²) in [7, 11) is 0. The van der Waals surface area contributed by atoms with Crippen molar-refractivity contribution < 1.29 is 9.84 Å². The zero-order valence-corrected chi connectivity index (χ0v) is 15.5. The number of rotatable bonds is 6. The monoisotopic (exact) mass is 403 g/mol. The van der Waals surface area contributed by atoms with Crippen molar-refractivity contribution in [1.82, 2.24) is 5.32 Å². The molecular weight excluding hydrogens is 377 g/mol. The van der Waals surface area contributed by atoms with Crippen molar-refractivity contribution in [2.24, 2.45) is 0 Å². The van der Waals surface area contributed by atoms with Crippen LogP contribution in [-0.2, 0) is 12.8 Å². The predicted octanol–water partition coefficient (Wildman–Crippen LogP) is 3.37. The molecule has 1 aliphatic carbocycles. The number of aliphatic hydroxyl groups is 1. The van der Waals surface area contributed by atoms with E-state index in [9.17, 15) is 5.11 Å². The highest BCUT2D eigenvalue weighted by atomic mass is 127. The lowest BCUT2D eigenvalue weighted by atomic mass is 10.0. The second kappa shape index (κ2) is 7.29. The molecule has 0 radical (unpaired) electrons. The van der Waals surface area contributed by atoms with Gasteiger partial charge < -0.3 is 15.2 Å². The van der Waals surface area contributed by atoms with Gasteiger partial charge in [-0.1, -0.05) is 19.9 Å². The van der Waals surface area contributed by atoms with E-state index in [0.29, 0.717) is 6.04 Å². The van der Waals surface area contributed by atoms with Crippen LogP contribution in [0.5, 0.6) is 5.75 Å². The van der Waals surface area contributed by atoms with E-state index in [1.165, 1.54) is 23.1 Å². The minimum atomic E-state index is -0.536. The number of hydrogen-bond acceptors (Lipinski definition) is 3. The number of ether oxygens (including phenoxy) is 1. The SMILES string of the molecule is Cc1ccc(OC(I)C(O)C(C)NC(C)C)c2c1CCC2. The van der Waals surface area contributed by atoms with Crippen LogP contribution in [0.1, 0.15) is 43.9 Å². The third kappa shape index (κ3) is 4.11. The third-order valence-electron chi connectivity index (χ3n) is 4.09. The maximum atomic E-state index is 10.4. The Bertz CT molecular complexity index is 490. The van der Waals surface area contributed by atoms with Gasteiger partial charge in [0, 0.05) is 12.1 Å². The average molecular weight is 403 g/mol. The molecule has 0 spiro atoms. The molecule has 3 nitrogen and oxygen atoms in total. The number of halogens is 1. The van der Waals surface area contributed by atoms with E-state index in [1.807, 2.05) is 6.92 Å². The molecule has 0 aromatic heterocycles. The van der Waals surface area contributed by atoms with Crippen LogP contribution >= 0.6 is 22.6 Å². The number of nitrogens with one attached hydrogen (secondary N) is 1. The first-order chi connectivity index (χ1) is 9.90. The van der Waals surface area contributed by atoms with Crippen molar-refractivity contribution in [2.75, 3.05) is 0 Å². The summed E-state index contributed by atoms with van der Waals surface area (Å²) in [4.78, 5) is 0. The summed E-state index contributed by atoms with van der Waals surface area (Å²) in [6, 6.07) is 4.54. The number of benzene rings is 1. The molecule has 118 valence electrons. The molecule has 3 unspecified atom stereocenters. The number of alkyl halides is 1. The lowest BCUT2D eigenvalue weighted by Gasteiger charge is -2.27. The number of aliphatic hydroxyl groups excluding tert-OH is 1.